The summed E-state index contributed by atoms with van der Waals surface area (Å²) in [4.78, 5) is 18.3. The Morgan fingerprint density at radius 1 is 1.24 bits per heavy atom. The minimum absolute atomic E-state index is 0.0235. The lowest BCUT2D eigenvalue weighted by Crippen LogP contribution is -2.50. The van der Waals surface area contributed by atoms with E-state index in [0.717, 1.165) is 11.6 Å². The van der Waals surface area contributed by atoms with E-state index in [1.54, 1.807) is 32.2 Å². The molecule has 0 spiro atoms. The van der Waals surface area contributed by atoms with Gasteiger partial charge in [0.1, 0.15) is 0 Å². The molecule has 2 heterocycles. The Balaban J connectivity index is 1.71. The number of carbonyl (C=O) groups is 1. The molecule has 0 aliphatic carbocycles. The number of anilines is 1. The number of piperidine rings is 1. The normalized spacial score (nSPS) is 22.4. The van der Waals surface area contributed by atoms with Gasteiger partial charge in [-0.25, -0.2) is 9.18 Å². The molecule has 3 rings (SSSR count). The number of aromatic nitrogens is 1. The first-order valence-electron chi connectivity index (χ1n) is 9.38. The third-order valence-electron chi connectivity index (χ3n) is 5.38. The minimum atomic E-state index is -4.44. The van der Waals surface area contributed by atoms with Crippen LogP contribution in [0.25, 0.3) is 0 Å². The highest BCUT2D eigenvalue weighted by Crippen LogP contribution is 2.40. The van der Waals surface area contributed by atoms with Gasteiger partial charge in [0.2, 0.25) is 0 Å². The van der Waals surface area contributed by atoms with Crippen LogP contribution in [0.5, 0.6) is 0 Å². The number of amides is 2. The number of rotatable bonds is 2. The minimum Gasteiger partial charge on any atom is -0.322 e. The Hall–Kier alpha value is -2.64. The molecule has 2 aromatic rings. The summed E-state index contributed by atoms with van der Waals surface area (Å²) in [6.07, 6.45) is -2.68. The number of aryl methyl sites for hydroxylation is 2. The van der Waals surface area contributed by atoms with Gasteiger partial charge in [-0.15, -0.1) is 0 Å². The first-order valence-corrected chi connectivity index (χ1v) is 9.38. The van der Waals surface area contributed by atoms with Crippen LogP contribution in [-0.2, 0) is 11.8 Å². The maximum Gasteiger partial charge on any atom is 0.416 e. The first-order chi connectivity index (χ1) is 13.5. The zero-order chi connectivity index (χ0) is 21.4. The van der Waals surface area contributed by atoms with E-state index in [-0.39, 0.29) is 30.6 Å². The molecular weight excluding hydrogens is 386 g/mol. The second-order valence-corrected chi connectivity index (χ2v) is 7.59. The lowest BCUT2D eigenvalue weighted by atomic mass is 9.84. The number of nitrogens with one attached hydrogen (secondary N) is 1. The van der Waals surface area contributed by atoms with E-state index >= 15 is 4.39 Å². The van der Waals surface area contributed by atoms with Crippen LogP contribution < -0.4 is 5.32 Å². The van der Waals surface area contributed by atoms with Crippen LogP contribution in [0.1, 0.15) is 42.1 Å². The fourth-order valence-electron chi connectivity index (χ4n) is 3.92. The van der Waals surface area contributed by atoms with Gasteiger partial charge in [0.15, 0.2) is 5.67 Å². The first kappa shape index (κ1) is 21.1. The highest BCUT2D eigenvalue weighted by atomic mass is 19.4. The molecule has 1 aliphatic heterocycles. The van der Waals surface area contributed by atoms with Gasteiger partial charge in [-0.2, -0.15) is 13.2 Å². The summed E-state index contributed by atoms with van der Waals surface area (Å²) in [5.41, 5.74) is -0.909. The van der Waals surface area contributed by atoms with Crippen LogP contribution in [0.4, 0.5) is 28.0 Å². The number of pyridine rings is 1. The molecule has 0 radical (unpaired) electrons. The molecular formula is C21H23F4N3O. The number of benzene rings is 1. The van der Waals surface area contributed by atoms with Crippen molar-refractivity contribution in [3.05, 3.63) is 58.9 Å². The van der Waals surface area contributed by atoms with Gasteiger partial charge in [-0.1, -0.05) is 6.07 Å². The molecule has 29 heavy (non-hydrogen) atoms. The number of hydrogen-bond donors (Lipinski definition) is 1. The largest absolute Gasteiger partial charge is 0.416 e. The average molecular weight is 409 g/mol. The molecule has 1 saturated heterocycles. The summed E-state index contributed by atoms with van der Waals surface area (Å²) < 4.78 is 54.2. The maximum absolute atomic E-state index is 15.6. The summed E-state index contributed by atoms with van der Waals surface area (Å²) in [5.74, 6) is 0. The zero-order valence-corrected chi connectivity index (χ0v) is 16.5. The predicted octanol–water partition coefficient (Wildman–Crippen LogP) is 5.60. The van der Waals surface area contributed by atoms with Gasteiger partial charge in [-0.05, 0) is 56.2 Å². The predicted molar refractivity (Wildman–Crippen MR) is 102 cm³/mol. The average Bonchev–Trinajstić information content (AvgIpc) is 2.60. The molecule has 4 nitrogen and oxygen atoms in total. The lowest BCUT2D eigenvalue weighted by molar-refractivity contribution is -0.138. The summed E-state index contributed by atoms with van der Waals surface area (Å²) in [6.45, 7) is 5.08. The second-order valence-electron chi connectivity index (χ2n) is 7.59. The number of halogens is 4. The molecule has 156 valence electrons. The zero-order valence-electron chi connectivity index (χ0n) is 16.5. The Morgan fingerprint density at radius 2 is 1.97 bits per heavy atom. The van der Waals surface area contributed by atoms with Crippen LogP contribution >= 0.6 is 0 Å². The van der Waals surface area contributed by atoms with Crippen LogP contribution in [0.15, 0.2) is 36.5 Å². The lowest BCUT2D eigenvalue weighted by Gasteiger charge is -2.41. The molecule has 1 aliphatic rings. The smallest absolute Gasteiger partial charge is 0.322 e. The van der Waals surface area contributed by atoms with E-state index in [1.807, 2.05) is 0 Å². The fraction of sp³-hybridized carbons (Fsp3) is 0.429. The molecule has 0 bridgehead atoms. The van der Waals surface area contributed by atoms with Gasteiger partial charge >= 0.3 is 12.2 Å². The number of carbonyl (C=O) groups excluding carboxylic acids is 1. The number of nitrogens with zero attached hydrogens (tertiary/aromatic N) is 2. The van der Waals surface area contributed by atoms with Crippen LogP contribution in [0.3, 0.4) is 0 Å². The Morgan fingerprint density at radius 3 is 2.55 bits per heavy atom. The van der Waals surface area contributed by atoms with E-state index in [9.17, 15) is 18.0 Å². The molecule has 2 atom stereocenters. The van der Waals surface area contributed by atoms with Gasteiger partial charge < -0.3 is 10.2 Å². The molecule has 2 unspecified atom stereocenters. The Bertz CT molecular complexity index is 915. The van der Waals surface area contributed by atoms with Gasteiger partial charge in [0.25, 0.3) is 0 Å². The van der Waals surface area contributed by atoms with E-state index < -0.39 is 29.5 Å². The van der Waals surface area contributed by atoms with E-state index in [4.69, 9.17) is 0 Å². The second kappa shape index (κ2) is 7.65. The summed E-state index contributed by atoms with van der Waals surface area (Å²) in [6, 6.07) is 6.15. The van der Waals surface area contributed by atoms with Crippen LogP contribution in [-0.4, -0.2) is 28.5 Å². The molecule has 0 saturated carbocycles. The number of urea groups is 1. The van der Waals surface area contributed by atoms with Gasteiger partial charge in [0, 0.05) is 37.3 Å². The third-order valence-corrected chi connectivity index (χ3v) is 5.38. The fourth-order valence-corrected chi connectivity index (χ4v) is 3.92. The van der Waals surface area contributed by atoms with Crippen molar-refractivity contribution in [1.29, 1.82) is 0 Å². The van der Waals surface area contributed by atoms with Crippen molar-refractivity contribution in [2.24, 2.45) is 0 Å². The van der Waals surface area contributed by atoms with E-state index in [1.165, 1.54) is 24.0 Å². The SMILES string of the molecule is Cc1cc(NC(=O)N2CCC(F)(c3ncccc3C)CC2C)ccc1C(F)(F)F. The summed E-state index contributed by atoms with van der Waals surface area (Å²) in [7, 11) is 0. The van der Waals surface area contributed by atoms with E-state index in [0.29, 0.717) is 5.69 Å². The molecule has 1 N–H and O–H groups in total. The summed E-state index contributed by atoms with van der Waals surface area (Å²) in [5, 5.41) is 2.62. The monoisotopic (exact) mass is 409 g/mol. The molecule has 8 heteroatoms. The molecule has 1 fully saturated rings. The van der Waals surface area contributed by atoms with Crippen molar-refractivity contribution < 1.29 is 22.4 Å². The van der Waals surface area contributed by atoms with Gasteiger partial charge in [0.05, 0.1) is 11.3 Å². The molecule has 2 amide bonds. The standard InChI is InChI=1S/C21H23F4N3O/c1-13-5-4-9-26-18(13)20(22)8-10-28(15(3)12-20)19(29)27-16-6-7-17(14(2)11-16)21(23,24)25/h4-7,9,11,15H,8,10,12H2,1-3H3,(H,27,29). The number of alkyl halides is 4. The van der Waals surface area contributed by atoms with Crippen LogP contribution in [0.2, 0.25) is 0 Å². The van der Waals surface area contributed by atoms with Gasteiger partial charge in [-0.3, -0.25) is 4.98 Å². The topological polar surface area (TPSA) is 45.2 Å². The van der Waals surface area contributed by atoms with Crippen molar-refractivity contribution in [2.75, 3.05) is 11.9 Å². The number of likely N-dealkylation sites (tertiary alicyclic amines) is 1. The third kappa shape index (κ3) is 4.36. The van der Waals surface area contributed by atoms with E-state index in [2.05, 4.69) is 10.3 Å². The maximum atomic E-state index is 15.6. The quantitative estimate of drug-likeness (QED) is 0.657. The van der Waals surface area contributed by atoms with Crippen molar-refractivity contribution in [3.63, 3.8) is 0 Å². The Kier molecular flexibility index (Phi) is 5.56. The summed E-state index contributed by atoms with van der Waals surface area (Å²) >= 11 is 0. The highest BCUT2D eigenvalue weighted by Gasteiger charge is 2.43. The molecule has 1 aromatic carbocycles. The van der Waals surface area contributed by atoms with Crippen molar-refractivity contribution >= 4 is 11.7 Å². The van der Waals surface area contributed by atoms with Crippen molar-refractivity contribution in [1.82, 2.24) is 9.88 Å². The van der Waals surface area contributed by atoms with Crippen LogP contribution in [0, 0.1) is 13.8 Å². The number of hydrogen-bond acceptors (Lipinski definition) is 2. The van der Waals surface area contributed by atoms with Crippen molar-refractivity contribution in [3.8, 4) is 0 Å². The molecule has 1 aromatic heterocycles. The Labute approximate surface area is 166 Å². The highest BCUT2D eigenvalue weighted by molar-refractivity contribution is 5.89. The van der Waals surface area contributed by atoms with Crippen molar-refractivity contribution in [2.45, 2.75) is 51.5 Å².